The molecule has 3 aromatic rings. The number of aryl methyl sites for hydroxylation is 1. The average Bonchev–Trinajstić information content (AvgIpc) is 2.95. The minimum absolute atomic E-state index is 0.0244. The highest BCUT2D eigenvalue weighted by Crippen LogP contribution is 2.30. The number of unbranched alkanes of at least 4 members (excludes halogenated alkanes) is 1. The van der Waals surface area contributed by atoms with Crippen LogP contribution >= 0.6 is 0 Å². The Kier molecular flexibility index (Phi) is 10.2. The molecule has 0 radical (unpaired) electrons. The predicted molar refractivity (Wildman–Crippen MR) is 150 cm³/mol. The summed E-state index contributed by atoms with van der Waals surface area (Å²) in [6.07, 6.45) is 2.90. The van der Waals surface area contributed by atoms with Crippen molar-refractivity contribution >= 4 is 11.8 Å². The van der Waals surface area contributed by atoms with Gasteiger partial charge in [0, 0.05) is 57.2 Å². The van der Waals surface area contributed by atoms with Crippen molar-refractivity contribution in [2.75, 3.05) is 39.3 Å². The third-order valence-corrected chi connectivity index (χ3v) is 7.43. The molecule has 3 aromatic carbocycles. The summed E-state index contributed by atoms with van der Waals surface area (Å²) in [6.45, 7) is 6.30. The van der Waals surface area contributed by atoms with Gasteiger partial charge in [-0.1, -0.05) is 48.4 Å². The van der Waals surface area contributed by atoms with Gasteiger partial charge in [-0.3, -0.25) is 14.5 Å². The molecule has 4 rings (SSSR count). The molecule has 0 spiro atoms. The summed E-state index contributed by atoms with van der Waals surface area (Å²) < 4.78 is 26.9. The Hall–Kier alpha value is -3.58. The highest BCUT2D eigenvalue weighted by Gasteiger charge is 2.21. The third kappa shape index (κ3) is 8.45. The molecule has 0 aliphatic carbocycles. The largest absolute Gasteiger partial charge is 0.351 e. The number of carbonyl (C=O) groups is 2. The number of rotatable bonds is 11. The first-order valence-electron chi connectivity index (χ1n) is 13.7. The van der Waals surface area contributed by atoms with Crippen LogP contribution in [0.15, 0.2) is 72.8 Å². The fourth-order valence-corrected chi connectivity index (χ4v) is 5.05. The van der Waals surface area contributed by atoms with Crippen LogP contribution in [0.2, 0.25) is 0 Å². The van der Waals surface area contributed by atoms with Gasteiger partial charge in [-0.15, -0.1) is 0 Å². The van der Waals surface area contributed by atoms with E-state index < -0.39 is 0 Å². The van der Waals surface area contributed by atoms with E-state index in [9.17, 15) is 18.4 Å². The summed E-state index contributed by atoms with van der Waals surface area (Å²) in [7, 11) is 0. The van der Waals surface area contributed by atoms with Crippen molar-refractivity contribution in [2.45, 2.75) is 38.5 Å². The van der Waals surface area contributed by atoms with Gasteiger partial charge in [0.15, 0.2) is 0 Å². The normalized spacial score (nSPS) is 14.0. The summed E-state index contributed by atoms with van der Waals surface area (Å²) in [5.41, 5.74) is 3.76. The molecule has 7 heteroatoms. The summed E-state index contributed by atoms with van der Waals surface area (Å²) in [6, 6.07) is 20.5. The Bertz CT molecular complexity index is 1160. The van der Waals surface area contributed by atoms with Crippen LogP contribution < -0.4 is 5.32 Å². The van der Waals surface area contributed by atoms with Crippen LogP contribution in [0.1, 0.15) is 58.6 Å². The van der Waals surface area contributed by atoms with Gasteiger partial charge in [0.2, 0.25) is 5.91 Å². The number of nitrogens with zero attached hydrogens (tertiary/aromatic N) is 2. The summed E-state index contributed by atoms with van der Waals surface area (Å²) in [4.78, 5) is 29.3. The lowest BCUT2D eigenvalue weighted by Crippen LogP contribution is -2.50. The summed E-state index contributed by atoms with van der Waals surface area (Å²) in [5.74, 6) is -0.438. The highest BCUT2D eigenvalue weighted by molar-refractivity contribution is 5.94. The van der Waals surface area contributed by atoms with Crippen LogP contribution in [0.5, 0.6) is 0 Å². The van der Waals surface area contributed by atoms with E-state index in [1.54, 1.807) is 24.3 Å². The Morgan fingerprint density at radius 3 is 1.92 bits per heavy atom. The molecule has 2 amide bonds. The van der Waals surface area contributed by atoms with Crippen molar-refractivity contribution in [2.24, 2.45) is 0 Å². The first kappa shape index (κ1) is 28.4. The van der Waals surface area contributed by atoms with E-state index in [2.05, 4.69) is 10.2 Å². The van der Waals surface area contributed by atoms with E-state index >= 15 is 0 Å². The quantitative estimate of drug-likeness (QED) is 0.330. The first-order valence-corrected chi connectivity index (χ1v) is 13.7. The minimum Gasteiger partial charge on any atom is -0.351 e. The zero-order chi connectivity index (χ0) is 27.6. The van der Waals surface area contributed by atoms with Gasteiger partial charge in [0.1, 0.15) is 11.6 Å². The van der Waals surface area contributed by atoms with Crippen molar-refractivity contribution in [3.8, 4) is 0 Å². The molecule has 39 heavy (non-hydrogen) atoms. The molecule has 1 saturated heterocycles. The molecule has 0 atom stereocenters. The molecule has 0 aromatic heterocycles. The second-order valence-electron chi connectivity index (χ2n) is 10.2. The number of benzene rings is 3. The van der Waals surface area contributed by atoms with Crippen LogP contribution in [-0.2, 0) is 4.79 Å². The Labute approximate surface area is 229 Å². The molecule has 0 saturated carbocycles. The average molecular weight is 534 g/mol. The smallest absolute Gasteiger partial charge is 0.251 e. The number of nitrogens with one attached hydrogen (secondary N) is 1. The van der Waals surface area contributed by atoms with E-state index in [0.29, 0.717) is 31.6 Å². The minimum atomic E-state index is -0.283. The Morgan fingerprint density at radius 1 is 0.795 bits per heavy atom. The van der Waals surface area contributed by atoms with E-state index in [4.69, 9.17) is 0 Å². The van der Waals surface area contributed by atoms with Gasteiger partial charge in [0.05, 0.1) is 0 Å². The number of carbonyl (C=O) groups excluding carboxylic acids is 2. The maximum Gasteiger partial charge on any atom is 0.251 e. The van der Waals surface area contributed by atoms with Gasteiger partial charge in [-0.25, -0.2) is 8.78 Å². The molecule has 1 fully saturated rings. The topological polar surface area (TPSA) is 52.7 Å². The van der Waals surface area contributed by atoms with Gasteiger partial charge in [-0.2, -0.15) is 0 Å². The zero-order valence-electron chi connectivity index (χ0n) is 22.5. The lowest BCUT2D eigenvalue weighted by molar-refractivity contribution is -0.133. The van der Waals surface area contributed by atoms with Crippen molar-refractivity contribution in [1.82, 2.24) is 15.1 Å². The van der Waals surface area contributed by atoms with E-state index in [1.165, 1.54) is 24.3 Å². The Morgan fingerprint density at radius 2 is 1.36 bits per heavy atom. The lowest BCUT2D eigenvalue weighted by atomic mass is 9.87. The highest BCUT2D eigenvalue weighted by atomic mass is 19.1. The van der Waals surface area contributed by atoms with Crippen molar-refractivity contribution < 1.29 is 18.4 Å². The second kappa shape index (κ2) is 14.0. The van der Waals surface area contributed by atoms with E-state index in [0.717, 1.165) is 55.6 Å². The van der Waals surface area contributed by atoms with Crippen molar-refractivity contribution in [1.29, 1.82) is 0 Å². The van der Waals surface area contributed by atoms with Crippen LogP contribution in [0.25, 0.3) is 0 Å². The maximum absolute atomic E-state index is 13.5. The molecular weight excluding hydrogens is 496 g/mol. The van der Waals surface area contributed by atoms with Gasteiger partial charge in [-0.05, 0) is 67.3 Å². The summed E-state index contributed by atoms with van der Waals surface area (Å²) in [5, 5.41) is 2.97. The molecule has 0 bridgehead atoms. The first-order chi connectivity index (χ1) is 18.9. The predicted octanol–water partition coefficient (Wildman–Crippen LogP) is 5.54. The summed E-state index contributed by atoms with van der Waals surface area (Å²) >= 11 is 0. The van der Waals surface area contributed by atoms with Gasteiger partial charge >= 0.3 is 0 Å². The van der Waals surface area contributed by atoms with Crippen molar-refractivity contribution in [3.05, 3.63) is 107 Å². The fraction of sp³-hybridized carbons (Fsp3) is 0.375. The van der Waals surface area contributed by atoms with Crippen LogP contribution in [0.4, 0.5) is 8.78 Å². The molecule has 1 heterocycles. The number of hydrogen-bond donors (Lipinski definition) is 1. The molecule has 1 aliphatic rings. The molecule has 206 valence electrons. The molecule has 0 unspecified atom stereocenters. The SMILES string of the molecule is Cc1ccc(C(=O)NCCN2CCN(C(=O)CCCCC(c3ccc(F)cc3)c3ccc(F)cc3)CC2)cc1. The van der Waals surface area contributed by atoms with Gasteiger partial charge < -0.3 is 10.2 Å². The van der Waals surface area contributed by atoms with Crippen LogP contribution in [0, 0.1) is 18.6 Å². The number of piperazine rings is 1. The van der Waals surface area contributed by atoms with E-state index in [-0.39, 0.29) is 29.4 Å². The van der Waals surface area contributed by atoms with Crippen LogP contribution in [-0.4, -0.2) is 60.9 Å². The molecule has 1 N–H and O–H groups in total. The second-order valence-corrected chi connectivity index (χ2v) is 10.2. The fourth-order valence-electron chi connectivity index (χ4n) is 5.05. The van der Waals surface area contributed by atoms with E-state index in [1.807, 2.05) is 36.1 Å². The molecular formula is C32H37F2N3O2. The third-order valence-electron chi connectivity index (χ3n) is 7.43. The number of amides is 2. The van der Waals surface area contributed by atoms with Crippen molar-refractivity contribution in [3.63, 3.8) is 0 Å². The molecule has 1 aliphatic heterocycles. The number of hydrogen-bond acceptors (Lipinski definition) is 3. The Balaban J connectivity index is 1.16. The lowest BCUT2D eigenvalue weighted by Gasteiger charge is -2.34. The van der Waals surface area contributed by atoms with Crippen LogP contribution in [0.3, 0.4) is 0 Å². The number of halogens is 2. The standard InChI is InChI=1S/C32H37F2N3O2/c1-24-6-8-27(9-7-24)32(39)35-18-19-36-20-22-37(23-21-36)31(38)5-3-2-4-30(25-10-14-28(33)15-11-25)26-12-16-29(34)17-13-26/h6-17,30H,2-5,18-23H2,1H3,(H,35,39). The monoisotopic (exact) mass is 533 g/mol. The zero-order valence-corrected chi connectivity index (χ0v) is 22.5. The molecule has 5 nitrogen and oxygen atoms in total. The maximum atomic E-state index is 13.5. The van der Waals surface area contributed by atoms with Gasteiger partial charge in [0.25, 0.3) is 5.91 Å².